The van der Waals surface area contributed by atoms with Gasteiger partial charge in [0, 0.05) is 24.0 Å². The van der Waals surface area contributed by atoms with Crippen LogP contribution in [0.25, 0.3) is 11.3 Å². The molecule has 154 valence electrons. The van der Waals surface area contributed by atoms with Crippen molar-refractivity contribution < 1.29 is 8.42 Å². The van der Waals surface area contributed by atoms with Gasteiger partial charge in [0.05, 0.1) is 21.4 Å². The SMILES string of the molecule is Cc1cccc(-c2csc(N3CCC(S(=O)(=O)c4ccccc4C#N)CC3)n2)c1C. The third-order valence-corrected chi connectivity index (χ3v) is 9.06. The molecule has 0 saturated carbocycles. The van der Waals surface area contributed by atoms with Crippen LogP contribution in [0, 0.1) is 25.2 Å². The number of piperidine rings is 1. The number of rotatable bonds is 4. The molecule has 0 aliphatic carbocycles. The number of nitrogens with zero attached hydrogens (tertiary/aromatic N) is 3. The summed E-state index contributed by atoms with van der Waals surface area (Å²) < 4.78 is 26.2. The standard InChI is InChI=1S/C23H23N3O2S2/c1-16-6-5-8-20(17(16)2)21-15-29-23(25-21)26-12-10-19(11-13-26)30(27,28)22-9-4-3-7-18(22)14-24/h3-9,15,19H,10-13H2,1-2H3. The maximum absolute atomic E-state index is 13.1. The van der Waals surface area contributed by atoms with Gasteiger partial charge >= 0.3 is 0 Å². The molecular weight excluding hydrogens is 414 g/mol. The number of aromatic nitrogens is 1. The molecule has 1 aromatic heterocycles. The monoisotopic (exact) mass is 437 g/mol. The second kappa shape index (κ2) is 8.21. The van der Waals surface area contributed by atoms with Crippen molar-refractivity contribution in [2.24, 2.45) is 0 Å². The third-order valence-electron chi connectivity index (χ3n) is 5.84. The molecule has 1 aliphatic rings. The smallest absolute Gasteiger partial charge is 0.185 e. The molecule has 4 rings (SSSR count). The molecule has 1 saturated heterocycles. The predicted molar refractivity (Wildman–Crippen MR) is 121 cm³/mol. The Morgan fingerprint density at radius 3 is 2.57 bits per heavy atom. The van der Waals surface area contributed by atoms with E-state index in [0.717, 1.165) is 16.4 Å². The minimum Gasteiger partial charge on any atom is -0.348 e. The summed E-state index contributed by atoms with van der Waals surface area (Å²) in [5.74, 6) is 0. The van der Waals surface area contributed by atoms with Crippen LogP contribution < -0.4 is 4.90 Å². The average Bonchev–Trinajstić information content (AvgIpc) is 3.25. The van der Waals surface area contributed by atoms with E-state index in [1.54, 1.807) is 29.5 Å². The normalized spacial score (nSPS) is 15.2. The minimum atomic E-state index is -3.52. The molecule has 3 aromatic rings. The minimum absolute atomic E-state index is 0.150. The number of benzene rings is 2. The zero-order valence-electron chi connectivity index (χ0n) is 17.0. The van der Waals surface area contributed by atoms with Crippen molar-refractivity contribution in [1.29, 1.82) is 5.26 Å². The molecule has 2 aromatic carbocycles. The zero-order chi connectivity index (χ0) is 21.3. The number of aryl methyl sites for hydroxylation is 1. The van der Waals surface area contributed by atoms with Crippen LogP contribution in [0.1, 0.15) is 29.5 Å². The van der Waals surface area contributed by atoms with Crippen molar-refractivity contribution in [3.05, 3.63) is 64.5 Å². The van der Waals surface area contributed by atoms with Crippen LogP contribution >= 0.6 is 11.3 Å². The van der Waals surface area contributed by atoms with Crippen molar-refractivity contribution in [3.8, 4) is 17.3 Å². The summed E-state index contributed by atoms with van der Waals surface area (Å²) in [7, 11) is -3.52. The highest BCUT2D eigenvalue weighted by molar-refractivity contribution is 7.92. The fourth-order valence-electron chi connectivity index (χ4n) is 3.91. The lowest BCUT2D eigenvalue weighted by Gasteiger charge is -2.31. The molecule has 5 nitrogen and oxygen atoms in total. The maximum atomic E-state index is 13.1. The molecule has 0 atom stereocenters. The van der Waals surface area contributed by atoms with Gasteiger partial charge in [0.15, 0.2) is 15.0 Å². The predicted octanol–water partition coefficient (Wildman–Crippen LogP) is 4.74. The fourth-order valence-corrected chi connectivity index (χ4v) is 6.66. The number of anilines is 1. The molecule has 0 radical (unpaired) electrons. The van der Waals surface area contributed by atoms with E-state index in [4.69, 9.17) is 4.98 Å². The van der Waals surface area contributed by atoms with Crippen molar-refractivity contribution in [3.63, 3.8) is 0 Å². The molecule has 0 bridgehead atoms. The summed E-state index contributed by atoms with van der Waals surface area (Å²) in [4.78, 5) is 7.15. The molecule has 0 spiro atoms. The first-order chi connectivity index (χ1) is 14.4. The number of hydrogen-bond acceptors (Lipinski definition) is 6. The summed E-state index contributed by atoms with van der Waals surface area (Å²) in [5, 5.41) is 11.8. The van der Waals surface area contributed by atoms with Gasteiger partial charge in [0.25, 0.3) is 0 Å². The summed E-state index contributed by atoms with van der Waals surface area (Å²) >= 11 is 1.60. The topological polar surface area (TPSA) is 74.1 Å². The Labute approximate surface area is 181 Å². The maximum Gasteiger partial charge on any atom is 0.185 e. The second-order valence-electron chi connectivity index (χ2n) is 7.60. The lowest BCUT2D eigenvalue weighted by molar-refractivity contribution is 0.529. The van der Waals surface area contributed by atoms with Crippen molar-refractivity contribution in [2.45, 2.75) is 36.8 Å². The zero-order valence-corrected chi connectivity index (χ0v) is 18.6. The van der Waals surface area contributed by atoms with Crippen molar-refractivity contribution in [2.75, 3.05) is 18.0 Å². The van der Waals surface area contributed by atoms with Gasteiger partial charge in [-0.15, -0.1) is 11.3 Å². The number of thiazole rings is 1. The first-order valence-corrected chi connectivity index (χ1v) is 12.3. The van der Waals surface area contributed by atoms with Crippen LogP contribution in [0.4, 0.5) is 5.13 Å². The summed E-state index contributed by atoms with van der Waals surface area (Å²) in [6.07, 6.45) is 1.06. The number of nitriles is 1. The Kier molecular flexibility index (Phi) is 5.63. The van der Waals surface area contributed by atoms with Gasteiger partial charge in [0.1, 0.15) is 6.07 Å². The Morgan fingerprint density at radius 1 is 1.10 bits per heavy atom. The Bertz CT molecular complexity index is 1220. The van der Waals surface area contributed by atoms with Crippen LogP contribution in [0.3, 0.4) is 0 Å². The van der Waals surface area contributed by atoms with Gasteiger partial charge in [0.2, 0.25) is 0 Å². The summed E-state index contributed by atoms with van der Waals surface area (Å²) in [6.45, 7) is 5.48. The van der Waals surface area contributed by atoms with Crippen LogP contribution in [0.15, 0.2) is 52.7 Å². The van der Waals surface area contributed by atoms with Crippen molar-refractivity contribution >= 4 is 26.3 Å². The molecule has 1 fully saturated rings. The summed E-state index contributed by atoms with van der Waals surface area (Å²) in [6, 6.07) is 14.7. The van der Waals surface area contributed by atoms with Gasteiger partial charge < -0.3 is 4.90 Å². The van der Waals surface area contributed by atoms with Crippen LogP contribution in [0.5, 0.6) is 0 Å². The van der Waals surface area contributed by atoms with E-state index in [9.17, 15) is 13.7 Å². The molecular formula is C23H23N3O2S2. The molecule has 0 amide bonds. The number of hydrogen-bond donors (Lipinski definition) is 0. The molecule has 30 heavy (non-hydrogen) atoms. The van der Waals surface area contributed by atoms with Gasteiger partial charge in [-0.2, -0.15) is 5.26 Å². The van der Waals surface area contributed by atoms with Gasteiger partial charge in [-0.25, -0.2) is 13.4 Å². The van der Waals surface area contributed by atoms with E-state index in [1.807, 2.05) is 12.1 Å². The highest BCUT2D eigenvalue weighted by atomic mass is 32.2. The number of sulfone groups is 1. The van der Waals surface area contributed by atoms with Crippen LogP contribution in [-0.4, -0.2) is 31.7 Å². The first-order valence-electron chi connectivity index (χ1n) is 9.92. The van der Waals surface area contributed by atoms with Crippen LogP contribution in [0.2, 0.25) is 0 Å². The van der Waals surface area contributed by atoms with E-state index >= 15 is 0 Å². The molecule has 7 heteroatoms. The lowest BCUT2D eigenvalue weighted by atomic mass is 10.0. The Morgan fingerprint density at radius 2 is 1.83 bits per heavy atom. The first kappa shape index (κ1) is 20.6. The van der Waals surface area contributed by atoms with Crippen LogP contribution in [-0.2, 0) is 9.84 Å². The van der Waals surface area contributed by atoms with E-state index < -0.39 is 15.1 Å². The third kappa shape index (κ3) is 3.73. The average molecular weight is 438 g/mol. The summed E-state index contributed by atoms with van der Waals surface area (Å²) in [5.41, 5.74) is 4.80. The molecule has 2 heterocycles. The Balaban J connectivity index is 1.50. The second-order valence-corrected chi connectivity index (χ2v) is 10.6. The van der Waals surface area contributed by atoms with E-state index in [-0.39, 0.29) is 10.5 Å². The largest absolute Gasteiger partial charge is 0.348 e. The molecule has 0 unspecified atom stereocenters. The molecule has 1 aliphatic heterocycles. The van der Waals surface area contributed by atoms with E-state index in [0.29, 0.717) is 25.9 Å². The van der Waals surface area contributed by atoms with Crippen molar-refractivity contribution in [1.82, 2.24) is 4.98 Å². The van der Waals surface area contributed by atoms with E-state index in [1.165, 1.54) is 17.2 Å². The van der Waals surface area contributed by atoms with Gasteiger partial charge in [-0.3, -0.25) is 0 Å². The fraction of sp³-hybridized carbons (Fsp3) is 0.304. The van der Waals surface area contributed by atoms with Gasteiger partial charge in [-0.05, 0) is 49.9 Å². The Hall–Kier alpha value is -2.69. The van der Waals surface area contributed by atoms with Gasteiger partial charge in [-0.1, -0.05) is 30.3 Å². The quantitative estimate of drug-likeness (QED) is 0.589. The van der Waals surface area contributed by atoms with E-state index in [2.05, 4.69) is 36.3 Å². The highest BCUT2D eigenvalue weighted by Gasteiger charge is 2.33. The molecule has 0 N–H and O–H groups in total. The lowest BCUT2D eigenvalue weighted by Crippen LogP contribution is -2.39. The highest BCUT2D eigenvalue weighted by Crippen LogP contribution is 2.33.